The standard InChI is InChI=1S/C59H114N8O13/c1-4-6-8-10-12-14-16-18-20-22-24-32-53(68)64-36-39-75-42-45-78-49-56(71)63-35-29-27-31-52(59(74)66-38-41-77-43-46-79-48-55(70)62-34-28-26-30-51(61-3)58(60)73)67-57(72)50-80-47-44-76-40-37-65-54(69)33-25-23-21-19-17-15-13-11-9-7-5-2/h51-52,61H,4-50H2,1-3H3,(H2,60,73)(H,62,70)(H,63,71)(H,64,68)(H,65,69)(H,66,74)(H,67,72)/t51-,52-/m0/s1. The molecule has 0 aliphatic carbocycles. The van der Waals surface area contributed by atoms with Gasteiger partial charge in [0.25, 0.3) is 0 Å². The number of ether oxygens (including phenoxy) is 6. The molecule has 21 heteroatoms. The molecule has 0 saturated heterocycles. The number of amides is 7. The molecule has 0 aliphatic heterocycles. The monoisotopic (exact) mass is 1140 g/mol. The molecule has 0 aromatic heterocycles. The lowest BCUT2D eigenvalue weighted by atomic mass is 10.1. The van der Waals surface area contributed by atoms with E-state index in [9.17, 15) is 33.6 Å². The Labute approximate surface area is 482 Å². The zero-order valence-electron chi connectivity index (χ0n) is 50.3. The summed E-state index contributed by atoms with van der Waals surface area (Å²) < 4.78 is 33.0. The van der Waals surface area contributed by atoms with E-state index in [0.29, 0.717) is 90.9 Å². The molecule has 0 unspecified atom stereocenters. The minimum Gasteiger partial charge on any atom is -0.377 e. The molecule has 2 atom stereocenters. The molecule has 0 aromatic rings. The summed E-state index contributed by atoms with van der Waals surface area (Å²) in [5, 5.41) is 19.8. The molecule has 0 aliphatic rings. The van der Waals surface area contributed by atoms with E-state index in [-0.39, 0.29) is 89.6 Å². The highest BCUT2D eigenvalue weighted by Gasteiger charge is 2.20. The summed E-state index contributed by atoms with van der Waals surface area (Å²) >= 11 is 0. The van der Waals surface area contributed by atoms with E-state index < -0.39 is 29.8 Å². The van der Waals surface area contributed by atoms with Crippen LogP contribution in [0.25, 0.3) is 0 Å². The average molecular weight is 1140 g/mol. The highest BCUT2D eigenvalue weighted by atomic mass is 16.5. The highest BCUT2D eigenvalue weighted by molar-refractivity contribution is 5.88. The van der Waals surface area contributed by atoms with Crippen molar-refractivity contribution in [3.63, 3.8) is 0 Å². The number of carbonyl (C=O) groups is 7. The first-order chi connectivity index (χ1) is 39.0. The number of primary amides is 1. The molecule has 0 rings (SSSR count). The molecule has 7 amide bonds. The van der Waals surface area contributed by atoms with Crippen molar-refractivity contribution in [1.29, 1.82) is 0 Å². The fourth-order valence-electron chi connectivity index (χ4n) is 8.56. The Morgan fingerprint density at radius 2 is 0.662 bits per heavy atom. The summed E-state index contributed by atoms with van der Waals surface area (Å²) in [5.74, 6) is -1.77. The predicted octanol–water partition coefficient (Wildman–Crippen LogP) is 5.97. The van der Waals surface area contributed by atoms with Crippen molar-refractivity contribution in [1.82, 2.24) is 37.2 Å². The van der Waals surface area contributed by atoms with Gasteiger partial charge in [0, 0.05) is 45.6 Å². The number of unbranched alkanes of at least 4 members (excludes halogenated alkanes) is 22. The molecular formula is C59H114N8O13. The maximum atomic E-state index is 13.2. The SMILES string of the molecule is CCCCCCCCCCCCCC(=O)NCCOCCOCC(=O)NCCCC[C@H](NC(=O)COCCOCCNC(=O)CCCCCCCCCCCCC)C(=O)NCCOCCOCC(=O)NCCCC[C@H](NC)C(N)=O. The van der Waals surface area contributed by atoms with Gasteiger partial charge in [-0.3, -0.25) is 33.6 Å². The number of carbonyl (C=O) groups excluding carboxylic acids is 7. The summed E-state index contributed by atoms with van der Waals surface area (Å²) in [5.41, 5.74) is 5.33. The van der Waals surface area contributed by atoms with Crippen molar-refractivity contribution in [2.45, 2.75) is 219 Å². The van der Waals surface area contributed by atoms with E-state index in [1.54, 1.807) is 7.05 Å². The van der Waals surface area contributed by atoms with Gasteiger partial charge in [0.05, 0.1) is 65.5 Å². The molecule has 0 aromatic carbocycles. The number of hydrogen-bond donors (Lipinski definition) is 8. The van der Waals surface area contributed by atoms with Crippen molar-refractivity contribution in [2.24, 2.45) is 5.73 Å². The summed E-state index contributed by atoms with van der Waals surface area (Å²) in [4.78, 5) is 86.2. The van der Waals surface area contributed by atoms with Crippen LogP contribution in [-0.4, -0.2) is 172 Å². The van der Waals surface area contributed by atoms with Crippen LogP contribution in [0.4, 0.5) is 0 Å². The number of rotatable bonds is 62. The first kappa shape index (κ1) is 76.0. The fraction of sp³-hybridized carbons (Fsp3) is 0.881. The molecular weight excluding hydrogens is 1030 g/mol. The first-order valence-corrected chi connectivity index (χ1v) is 31.1. The number of hydrogen-bond acceptors (Lipinski definition) is 14. The van der Waals surface area contributed by atoms with Gasteiger partial charge in [-0.05, 0) is 58.4 Å². The van der Waals surface area contributed by atoms with Crippen LogP contribution in [0.3, 0.4) is 0 Å². The molecule has 9 N–H and O–H groups in total. The lowest BCUT2D eigenvalue weighted by Gasteiger charge is -2.19. The van der Waals surface area contributed by atoms with E-state index in [1.165, 1.54) is 116 Å². The Morgan fingerprint density at radius 1 is 0.338 bits per heavy atom. The van der Waals surface area contributed by atoms with E-state index in [1.807, 2.05) is 0 Å². The quantitative estimate of drug-likeness (QED) is 0.0326. The van der Waals surface area contributed by atoms with Crippen LogP contribution in [0.2, 0.25) is 0 Å². The van der Waals surface area contributed by atoms with Crippen molar-refractivity contribution in [2.75, 3.05) is 119 Å². The lowest BCUT2D eigenvalue weighted by Crippen LogP contribution is -2.48. The van der Waals surface area contributed by atoms with Crippen molar-refractivity contribution in [3.05, 3.63) is 0 Å². The van der Waals surface area contributed by atoms with Gasteiger partial charge in [0.2, 0.25) is 41.4 Å². The number of likely N-dealkylation sites (N-methyl/N-ethyl adjacent to an activating group) is 1. The van der Waals surface area contributed by atoms with E-state index in [4.69, 9.17) is 34.2 Å². The van der Waals surface area contributed by atoms with Crippen molar-refractivity contribution in [3.8, 4) is 0 Å². The van der Waals surface area contributed by atoms with Gasteiger partial charge in [-0.25, -0.2) is 0 Å². The second kappa shape index (κ2) is 59.6. The van der Waals surface area contributed by atoms with Gasteiger partial charge >= 0.3 is 0 Å². The minimum atomic E-state index is -0.868. The number of nitrogens with one attached hydrogen (secondary N) is 7. The molecule has 0 heterocycles. The molecule has 468 valence electrons. The van der Waals surface area contributed by atoms with Crippen molar-refractivity contribution >= 4 is 41.4 Å². The van der Waals surface area contributed by atoms with Crippen LogP contribution in [0.1, 0.15) is 206 Å². The zero-order valence-corrected chi connectivity index (χ0v) is 50.3. The molecule has 0 radical (unpaired) electrons. The molecule has 0 fully saturated rings. The maximum absolute atomic E-state index is 13.2. The van der Waals surface area contributed by atoms with E-state index >= 15 is 0 Å². The lowest BCUT2D eigenvalue weighted by molar-refractivity contribution is -0.132. The average Bonchev–Trinajstić information content (AvgIpc) is 3.44. The fourth-order valence-corrected chi connectivity index (χ4v) is 8.56. The Balaban J connectivity index is 4.44. The predicted molar refractivity (Wildman–Crippen MR) is 314 cm³/mol. The van der Waals surface area contributed by atoms with Crippen LogP contribution in [-0.2, 0) is 62.0 Å². The third-order valence-corrected chi connectivity index (χ3v) is 13.3. The molecule has 0 saturated carbocycles. The van der Waals surface area contributed by atoms with Crippen LogP contribution in [0.5, 0.6) is 0 Å². The molecule has 0 bridgehead atoms. The number of nitrogens with two attached hydrogens (primary N) is 1. The second-order valence-electron chi connectivity index (χ2n) is 20.6. The summed E-state index contributed by atoms with van der Waals surface area (Å²) in [6, 6.07) is -1.26. The van der Waals surface area contributed by atoms with Gasteiger partial charge in [-0.15, -0.1) is 0 Å². The van der Waals surface area contributed by atoms with E-state index in [2.05, 4.69) is 51.1 Å². The zero-order chi connectivity index (χ0) is 58.6. The normalized spacial score (nSPS) is 11.9. The third-order valence-electron chi connectivity index (χ3n) is 13.3. The van der Waals surface area contributed by atoms with Crippen molar-refractivity contribution < 1.29 is 62.0 Å². The van der Waals surface area contributed by atoms with Gasteiger partial charge in [-0.1, -0.05) is 142 Å². The first-order valence-electron chi connectivity index (χ1n) is 31.1. The maximum Gasteiger partial charge on any atom is 0.246 e. The smallest absolute Gasteiger partial charge is 0.246 e. The van der Waals surface area contributed by atoms with Gasteiger partial charge in [-0.2, -0.15) is 0 Å². The Bertz CT molecular complexity index is 1520. The van der Waals surface area contributed by atoms with Gasteiger partial charge in [0.15, 0.2) is 0 Å². The topological polar surface area (TPSA) is 285 Å². The minimum absolute atomic E-state index is 0.0200. The van der Waals surface area contributed by atoms with Crippen LogP contribution in [0.15, 0.2) is 0 Å². The Kier molecular flexibility index (Phi) is 56.7. The molecule has 0 spiro atoms. The Hall–Kier alpha value is -3.99. The van der Waals surface area contributed by atoms with E-state index in [0.717, 1.165) is 32.1 Å². The van der Waals surface area contributed by atoms with Gasteiger partial charge in [0.1, 0.15) is 25.9 Å². The summed E-state index contributed by atoms with van der Waals surface area (Å²) in [6.45, 7) is 7.83. The van der Waals surface area contributed by atoms with Crippen LogP contribution < -0.4 is 43.0 Å². The van der Waals surface area contributed by atoms with Gasteiger partial charge < -0.3 is 71.4 Å². The highest BCUT2D eigenvalue weighted by Crippen LogP contribution is 2.13. The summed E-state index contributed by atoms with van der Waals surface area (Å²) in [7, 11) is 1.68. The molecule has 80 heavy (non-hydrogen) atoms. The third kappa shape index (κ3) is 54.6. The van der Waals surface area contributed by atoms with Crippen LogP contribution in [0, 0.1) is 0 Å². The molecule has 21 nitrogen and oxygen atoms in total. The second-order valence-corrected chi connectivity index (χ2v) is 20.6. The Morgan fingerprint density at radius 3 is 1.04 bits per heavy atom. The largest absolute Gasteiger partial charge is 0.377 e. The van der Waals surface area contributed by atoms with Crippen LogP contribution >= 0.6 is 0 Å². The summed E-state index contributed by atoms with van der Waals surface area (Å²) in [6.07, 6.45) is 31.6.